The van der Waals surface area contributed by atoms with Crippen molar-refractivity contribution in [2.45, 2.75) is 25.8 Å². The number of hydrogen-bond donors (Lipinski definition) is 1. The lowest BCUT2D eigenvalue weighted by molar-refractivity contribution is 0.399. The molecule has 2 unspecified atom stereocenters. The number of hydrogen-bond acceptors (Lipinski definition) is 4. The highest BCUT2D eigenvalue weighted by molar-refractivity contribution is 7.91. The molecule has 0 bridgehead atoms. The number of nitrogens with zero attached hydrogens (tertiary/aromatic N) is 1. The zero-order valence-corrected chi connectivity index (χ0v) is 11.7. The molecule has 100 valence electrons. The number of likely N-dealkylation sites (N-methyl/N-ethyl adjacent to an activating group) is 1. The summed E-state index contributed by atoms with van der Waals surface area (Å²) < 4.78 is 23.1. The Labute approximate surface area is 109 Å². The number of rotatable bonds is 4. The molecule has 1 aliphatic rings. The van der Waals surface area contributed by atoms with Crippen molar-refractivity contribution in [3.05, 3.63) is 29.6 Å². The van der Waals surface area contributed by atoms with Crippen LogP contribution >= 0.6 is 0 Å². The van der Waals surface area contributed by atoms with Crippen LogP contribution in [0, 0.1) is 12.8 Å². The quantitative estimate of drug-likeness (QED) is 0.883. The molecular weight excluding hydrogens is 248 g/mol. The Bertz CT molecular complexity index is 513. The van der Waals surface area contributed by atoms with Crippen LogP contribution in [0.2, 0.25) is 0 Å². The zero-order chi connectivity index (χ0) is 13.2. The van der Waals surface area contributed by atoms with Crippen LogP contribution in [0.3, 0.4) is 0 Å². The van der Waals surface area contributed by atoms with Crippen molar-refractivity contribution in [2.75, 3.05) is 18.6 Å². The molecule has 2 heterocycles. The predicted octanol–water partition coefficient (Wildman–Crippen LogP) is 0.955. The Morgan fingerprint density at radius 3 is 2.89 bits per heavy atom. The minimum atomic E-state index is -2.81. The van der Waals surface area contributed by atoms with Crippen molar-refractivity contribution < 1.29 is 8.42 Å². The van der Waals surface area contributed by atoms with Gasteiger partial charge < -0.3 is 5.32 Å². The largest absolute Gasteiger partial charge is 0.316 e. The second-order valence-electron chi connectivity index (χ2n) is 5.03. The van der Waals surface area contributed by atoms with Crippen molar-refractivity contribution in [1.82, 2.24) is 10.3 Å². The molecule has 1 fully saturated rings. The first-order chi connectivity index (χ1) is 8.52. The van der Waals surface area contributed by atoms with E-state index in [2.05, 4.69) is 10.3 Å². The lowest BCUT2D eigenvalue weighted by atomic mass is 9.94. The van der Waals surface area contributed by atoms with Gasteiger partial charge >= 0.3 is 0 Å². The molecule has 0 aliphatic carbocycles. The van der Waals surface area contributed by atoms with E-state index in [1.165, 1.54) is 5.56 Å². The fraction of sp³-hybridized carbons (Fsp3) is 0.615. The van der Waals surface area contributed by atoms with Crippen molar-refractivity contribution in [3.63, 3.8) is 0 Å². The van der Waals surface area contributed by atoms with E-state index in [0.29, 0.717) is 11.5 Å². The van der Waals surface area contributed by atoms with Crippen LogP contribution in [0.4, 0.5) is 0 Å². The summed E-state index contributed by atoms with van der Waals surface area (Å²) in [6.45, 7) is 2.04. The van der Waals surface area contributed by atoms with Crippen LogP contribution in [0.1, 0.15) is 17.7 Å². The summed E-state index contributed by atoms with van der Waals surface area (Å²) in [5.74, 6) is 0.850. The van der Waals surface area contributed by atoms with Crippen LogP contribution in [-0.2, 0) is 16.3 Å². The maximum Gasteiger partial charge on any atom is 0.150 e. The van der Waals surface area contributed by atoms with Gasteiger partial charge in [0, 0.05) is 24.4 Å². The van der Waals surface area contributed by atoms with E-state index >= 15 is 0 Å². The van der Waals surface area contributed by atoms with Crippen LogP contribution in [0.5, 0.6) is 0 Å². The second-order valence-corrected chi connectivity index (χ2v) is 7.26. The topological polar surface area (TPSA) is 59.1 Å². The molecular formula is C13H20N2O2S. The number of sulfone groups is 1. The molecule has 2 rings (SSSR count). The molecule has 0 amide bonds. The number of pyridine rings is 1. The third-order valence-electron chi connectivity index (χ3n) is 3.74. The van der Waals surface area contributed by atoms with E-state index in [4.69, 9.17) is 0 Å². The van der Waals surface area contributed by atoms with Gasteiger partial charge in [-0.15, -0.1) is 0 Å². The molecule has 4 nitrogen and oxygen atoms in total. The SMILES string of the molecule is CNC(Cc1ncccc1C)C1CCS(=O)(=O)C1. The Balaban J connectivity index is 2.09. The van der Waals surface area contributed by atoms with Gasteiger partial charge in [-0.3, -0.25) is 4.98 Å². The first-order valence-corrected chi connectivity index (χ1v) is 8.12. The normalized spacial score (nSPS) is 24.0. The van der Waals surface area contributed by atoms with Crippen LogP contribution in [0.15, 0.2) is 18.3 Å². The Hall–Kier alpha value is -0.940. The fourth-order valence-electron chi connectivity index (χ4n) is 2.59. The van der Waals surface area contributed by atoms with Gasteiger partial charge in [0.2, 0.25) is 0 Å². The van der Waals surface area contributed by atoms with Crippen molar-refractivity contribution in [1.29, 1.82) is 0 Å². The van der Waals surface area contributed by atoms with Gasteiger partial charge in [-0.25, -0.2) is 8.42 Å². The fourth-order valence-corrected chi connectivity index (χ4v) is 4.47. The highest BCUT2D eigenvalue weighted by Gasteiger charge is 2.33. The van der Waals surface area contributed by atoms with Gasteiger partial charge in [0.05, 0.1) is 11.5 Å². The van der Waals surface area contributed by atoms with Crippen molar-refractivity contribution in [3.8, 4) is 0 Å². The van der Waals surface area contributed by atoms with E-state index in [9.17, 15) is 8.42 Å². The Morgan fingerprint density at radius 1 is 1.56 bits per heavy atom. The predicted molar refractivity (Wildman–Crippen MR) is 72.3 cm³/mol. The summed E-state index contributed by atoms with van der Waals surface area (Å²) in [5, 5.41) is 3.25. The number of nitrogens with one attached hydrogen (secondary N) is 1. The second kappa shape index (κ2) is 5.36. The van der Waals surface area contributed by atoms with Gasteiger partial charge in [0.25, 0.3) is 0 Å². The lowest BCUT2D eigenvalue weighted by Gasteiger charge is -2.22. The molecule has 0 radical (unpaired) electrons. The molecule has 1 N–H and O–H groups in total. The summed E-state index contributed by atoms with van der Waals surface area (Å²) in [6.07, 6.45) is 3.35. The van der Waals surface area contributed by atoms with Gasteiger partial charge in [-0.1, -0.05) is 6.07 Å². The monoisotopic (exact) mass is 268 g/mol. The smallest absolute Gasteiger partial charge is 0.150 e. The van der Waals surface area contributed by atoms with E-state index < -0.39 is 9.84 Å². The lowest BCUT2D eigenvalue weighted by Crippen LogP contribution is -2.36. The van der Waals surface area contributed by atoms with E-state index in [0.717, 1.165) is 18.5 Å². The molecule has 1 saturated heterocycles. The summed E-state index contributed by atoms with van der Waals surface area (Å²) in [7, 11) is -0.917. The molecule has 1 aromatic heterocycles. The maximum absolute atomic E-state index is 11.5. The highest BCUT2D eigenvalue weighted by Crippen LogP contribution is 2.24. The van der Waals surface area contributed by atoms with Gasteiger partial charge in [-0.05, 0) is 37.9 Å². The molecule has 1 aromatic rings. The summed E-state index contributed by atoms with van der Waals surface area (Å²) >= 11 is 0. The molecule has 0 spiro atoms. The molecule has 0 saturated carbocycles. The third-order valence-corrected chi connectivity index (χ3v) is 5.53. The molecule has 2 atom stereocenters. The number of aryl methyl sites for hydroxylation is 1. The highest BCUT2D eigenvalue weighted by atomic mass is 32.2. The number of aromatic nitrogens is 1. The molecule has 18 heavy (non-hydrogen) atoms. The van der Waals surface area contributed by atoms with Crippen molar-refractivity contribution in [2.24, 2.45) is 5.92 Å². The van der Waals surface area contributed by atoms with Crippen LogP contribution in [0.25, 0.3) is 0 Å². The standard InChI is InChI=1S/C13H20N2O2S/c1-10-4-3-6-15-12(10)8-13(14-2)11-5-7-18(16,17)9-11/h3-4,6,11,13-14H,5,7-9H2,1-2H3. The van der Waals surface area contributed by atoms with E-state index in [-0.39, 0.29) is 12.0 Å². The van der Waals surface area contributed by atoms with E-state index in [1.807, 2.05) is 26.1 Å². The summed E-state index contributed by atoms with van der Waals surface area (Å²) in [5.41, 5.74) is 2.22. The average molecular weight is 268 g/mol. The molecule has 5 heteroatoms. The minimum Gasteiger partial charge on any atom is -0.316 e. The van der Waals surface area contributed by atoms with Crippen molar-refractivity contribution >= 4 is 9.84 Å². The van der Waals surface area contributed by atoms with Gasteiger partial charge in [0.1, 0.15) is 0 Å². The zero-order valence-electron chi connectivity index (χ0n) is 10.9. The van der Waals surface area contributed by atoms with E-state index in [1.54, 1.807) is 6.20 Å². The first-order valence-electron chi connectivity index (χ1n) is 6.30. The Morgan fingerprint density at radius 2 is 2.33 bits per heavy atom. The summed E-state index contributed by atoms with van der Waals surface area (Å²) in [4.78, 5) is 4.38. The van der Waals surface area contributed by atoms with Gasteiger partial charge in [-0.2, -0.15) is 0 Å². The molecule has 0 aromatic carbocycles. The van der Waals surface area contributed by atoms with Gasteiger partial charge in [0.15, 0.2) is 9.84 Å². The first kappa shape index (κ1) is 13.5. The van der Waals surface area contributed by atoms with Crippen LogP contribution < -0.4 is 5.32 Å². The van der Waals surface area contributed by atoms with Crippen LogP contribution in [-0.4, -0.2) is 38.0 Å². The Kier molecular flexibility index (Phi) is 4.02. The molecule has 1 aliphatic heterocycles. The average Bonchev–Trinajstić information content (AvgIpc) is 2.68. The minimum absolute atomic E-state index is 0.191. The maximum atomic E-state index is 11.5. The summed E-state index contributed by atoms with van der Waals surface area (Å²) in [6, 6.07) is 4.16. The third kappa shape index (κ3) is 3.09.